The molecule has 164 valence electrons. The zero-order chi connectivity index (χ0) is 21.1. The molecule has 0 N–H and O–H groups in total. The van der Waals surface area contributed by atoms with Crippen LogP contribution in [0.1, 0.15) is 94.2 Å². The summed E-state index contributed by atoms with van der Waals surface area (Å²) in [4.78, 5) is 2.67. The summed E-state index contributed by atoms with van der Waals surface area (Å²) in [6, 6.07) is 4.76. The normalized spacial score (nSPS) is 24.2. The van der Waals surface area contributed by atoms with Crippen LogP contribution in [0, 0.1) is 26.7 Å². The maximum atomic E-state index is 2.68. The maximum Gasteiger partial charge on any atom is 0.0514 e. The standard InChI is InChI=1S/C28H42NP/c1-21-15-16-27(29(18-17-21)28-23(3)19-22(2)20-24(28)4)30(25-11-7-5-8-12-25)26-13-9-6-10-14-26/h16-21,25-26H,5-15H2,1-4H3. The second-order valence-electron chi connectivity index (χ2n) is 10.2. The van der Waals surface area contributed by atoms with Crippen molar-refractivity contribution in [2.75, 3.05) is 4.90 Å². The Hall–Kier alpha value is -1.07. The molecule has 1 aliphatic heterocycles. The summed E-state index contributed by atoms with van der Waals surface area (Å²) in [7, 11) is -0.111. The largest absolute Gasteiger partial charge is 0.317 e. The maximum absolute atomic E-state index is 2.68. The number of anilines is 1. The van der Waals surface area contributed by atoms with E-state index >= 15 is 0 Å². The van der Waals surface area contributed by atoms with Gasteiger partial charge in [0.05, 0.1) is 5.69 Å². The Morgan fingerprint density at radius 1 is 0.800 bits per heavy atom. The Morgan fingerprint density at radius 3 is 1.87 bits per heavy atom. The number of rotatable bonds is 4. The van der Waals surface area contributed by atoms with Gasteiger partial charge >= 0.3 is 0 Å². The summed E-state index contributed by atoms with van der Waals surface area (Å²) in [5, 5.41) is 0. The molecule has 0 bridgehead atoms. The van der Waals surface area contributed by atoms with Crippen molar-refractivity contribution in [3.8, 4) is 0 Å². The van der Waals surface area contributed by atoms with Gasteiger partial charge in [0.15, 0.2) is 0 Å². The fourth-order valence-corrected chi connectivity index (χ4v) is 10.1. The van der Waals surface area contributed by atoms with Gasteiger partial charge in [0, 0.05) is 11.6 Å². The second-order valence-corrected chi connectivity index (χ2v) is 13.0. The van der Waals surface area contributed by atoms with E-state index < -0.39 is 0 Å². The van der Waals surface area contributed by atoms with E-state index in [2.05, 4.69) is 63.1 Å². The highest BCUT2D eigenvalue weighted by atomic mass is 31.1. The molecule has 1 unspecified atom stereocenters. The Kier molecular flexibility index (Phi) is 7.40. The first-order valence-electron chi connectivity index (χ1n) is 12.6. The molecule has 2 saturated carbocycles. The van der Waals surface area contributed by atoms with Crippen LogP contribution in [0.4, 0.5) is 5.69 Å². The predicted octanol–water partition coefficient (Wildman–Crippen LogP) is 8.96. The number of nitrogens with zero attached hydrogens (tertiary/aromatic N) is 1. The Balaban J connectivity index is 1.78. The number of hydrogen-bond donors (Lipinski definition) is 0. The van der Waals surface area contributed by atoms with Crippen molar-refractivity contribution in [2.45, 2.75) is 110 Å². The highest BCUT2D eigenvalue weighted by Crippen LogP contribution is 2.63. The third kappa shape index (κ3) is 4.88. The van der Waals surface area contributed by atoms with E-state index in [1.807, 2.05) is 0 Å². The molecule has 1 aromatic rings. The molecule has 3 aliphatic rings. The lowest BCUT2D eigenvalue weighted by molar-refractivity contribution is 0.485. The van der Waals surface area contributed by atoms with Gasteiger partial charge in [-0.05, 0) is 81.2 Å². The van der Waals surface area contributed by atoms with Gasteiger partial charge in [0.2, 0.25) is 0 Å². The van der Waals surface area contributed by atoms with Crippen molar-refractivity contribution in [1.29, 1.82) is 0 Å². The molecule has 4 rings (SSSR count). The summed E-state index contributed by atoms with van der Waals surface area (Å²) in [5.41, 5.74) is 9.29. The first kappa shape index (κ1) is 22.1. The van der Waals surface area contributed by atoms with Crippen LogP contribution < -0.4 is 4.90 Å². The minimum Gasteiger partial charge on any atom is -0.317 e. The van der Waals surface area contributed by atoms with Crippen LogP contribution in [-0.4, -0.2) is 11.3 Å². The van der Waals surface area contributed by atoms with E-state index in [9.17, 15) is 0 Å². The fraction of sp³-hybridized carbons (Fsp3) is 0.643. The second kappa shape index (κ2) is 10.0. The topological polar surface area (TPSA) is 3.24 Å². The van der Waals surface area contributed by atoms with Crippen LogP contribution in [-0.2, 0) is 0 Å². The lowest BCUT2D eigenvalue weighted by Crippen LogP contribution is -2.27. The minimum absolute atomic E-state index is 0.111. The molecule has 0 amide bonds. The van der Waals surface area contributed by atoms with Gasteiger partial charge in [-0.2, -0.15) is 0 Å². The van der Waals surface area contributed by atoms with Crippen LogP contribution in [0.2, 0.25) is 0 Å². The van der Waals surface area contributed by atoms with E-state index in [1.54, 1.807) is 5.44 Å². The van der Waals surface area contributed by atoms with Crippen molar-refractivity contribution in [1.82, 2.24) is 0 Å². The summed E-state index contributed by atoms with van der Waals surface area (Å²) < 4.78 is 0. The molecule has 0 aromatic heterocycles. The monoisotopic (exact) mass is 423 g/mol. The third-order valence-electron chi connectivity index (χ3n) is 7.56. The number of aryl methyl sites for hydroxylation is 3. The summed E-state index contributed by atoms with van der Waals surface area (Å²) in [6.45, 7) is 9.25. The number of allylic oxidation sites excluding steroid dienone is 2. The summed E-state index contributed by atoms with van der Waals surface area (Å²) in [5.74, 6) is 0.630. The Bertz CT molecular complexity index is 739. The van der Waals surface area contributed by atoms with Crippen LogP contribution >= 0.6 is 7.92 Å². The van der Waals surface area contributed by atoms with Gasteiger partial charge in [0.1, 0.15) is 0 Å². The van der Waals surface area contributed by atoms with E-state index in [0.29, 0.717) is 5.92 Å². The zero-order valence-electron chi connectivity index (χ0n) is 19.8. The highest BCUT2D eigenvalue weighted by Gasteiger charge is 2.36. The van der Waals surface area contributed by atoms with Crippen LogP contribution in [0.5, 0.6) is 0 Å². The van der Waals surface area contributed by atoms with E-state index in [0.717, 1.165) is 11.3 Å². The van der Waals surface area contributed by atoms with Crippen molar-refractivity contribution in [3.63, 3.8) is 0 Å². The molecule has 2 heteroatoms. The van der Waals surface area contributed by atoms with Gasteiger partial charge in [-0.15, -0.1) is 0 Å². The van der Waals surface area contributed by atoms with Gasteiger partial charge in [0.25, 0.3) is 0 Å². The van der Waals surface area contributed by atoms with Crippen LogP contribution in [0.3, 0.4) is 0 Å². The van der Waals surface area contributed by atoms with Gasteiger partial charge in [-0.1, -0.05) is 83.2 Å². The Labute approximate surface area is 186 Å². The van der Waals surface area contributed by atoms with Gasteiger partial charge in [-0.3, -0.25) is 0 Å². The van der Waals surface area contributed by atoms with Crippen molar-refractivity contribution in [3.05, 3.63) is 52.6 Å². The third-order valence-corrected chi connectivity index (χ3v) is 11.1. The number of benzene rings is 1. The predicted molar refractivity (Wildman–Crippen MR) is 135 cm³/mol. The average molecular weight is 424 g/mol. The van der Waals surface area contributed by atoms with E-state index in [4.69, 9.17) is 0 Å². The molecule has 1 nitrogen and oxygen atoms in total. The highest BCUT2D eigenvalue weighted by molar-refractivity contribution is 7.63. The molecular formula is C28H42NP. The molecule has 2 aliphatic carbocycles. The molecule has 30 heavy (non-hydrogen) atoms. The molecule has 0 spiro atoms. The first-order valence-corrected chi connectivity index (χ1v) is 14.1. The lowest BCUT2D eigenvalue weighted by Gasteiger charge is -2.43. The quantitative estimate of drug-likeness (QED) is 0.437. The summed E-state index contributed by atoms with van der Waals surface area (Å²) in [6.07, 6.45) is 23.4. The van der Waals surface area contributed by atoms with Crippen LogP contribution in [0.15, 0.2) is 35.9 Å². The lowest BCUT2D eigenvalue weighted by atomic mass is 9.99. The van der Waals surface area contributed by atoms with Crippen molar-refractivity contribution < 1.29 is 0 Å². The molecule has 0 radical (unpaired) electrons. The van der Waals surface area contributed by atoms with Gasteiger partial charge < -0.3 is 4.90 Å². The van der Waals surface area contributed by atoms with E-state index in [-0.39, 0.29) is 7.92 Å². The molecule has 2 fully saturated rings. The molecule has 1 atom stereocenters. The molecule has 1 aromatic carbocycles. The summed E-state index contributed by atoms with van der Waals surface area (Å²) >= 11 is 0. The first-order chi connectivity index (χ1) is 14.5. The minimum atomic E-state index is -0.111. The SMILES string of the molecule is Cc1cc(C)c(N2C=CC(C)CC=C2P(C2CCCCC2)C2CCCCC2)c(C)c1. The molecular weight excluding hydrogens is 381 g/mol. The number of hydrogen-bond acceptors (Lipinski definition) is 1. The molecule has 0 saturated heterocycles. The van der Waals surface area contributed by atoms with E-state index in [1.165, 1.54) is 93.0 Å². The average Bonchev–Trinajstić information content (AvgIpc) is 2.92. The fourth-order valence-electron chi connectivity index (χ4n) is 6.14. The van der Waals surface area contributed by atoms with Crippen molar-refractivity contribution >= 4 is 13.6 Å². The van der Waals surface area contributed by atoms with Crippen molar-refractivity contribution in [2.24, 2.45) is 5.92 Å². The van der Waals surface area contributed by atoms with Crippen LogP contribution in [0.25, 0.3) is 0 Å². The smallest absolute Gasteiger partial charge is 0.0514 e. The molecule has 1 heterocycles. The van der Waals surface area contributed by atoms with Gasteiger partial charge in [-0.25, -0.2) is 0 Å². The zero-order valence-corrected chi connectivity index (χ0v) is 20.7. The Morgan fingerprint density at radius 2 is 1.33 bits per heavy atom.